The number of sulfone groups is 1. The van der Waals surface area contributed by atoms with Gasteiger partial charge in [0.25, 0.3) is 0 Å². The summed E-state index contributed by atoms with van der Waals surface area (Å²) in [6.07, 6.45) is 6.95. The third-order valence-corrected chi connectivity index (χ3v) is 5.36. The van der Waals surface area contributed by atoms with Gasteiger partial charge < -0.3 is 15.0 Å². The maximum absolute atomic E-state index is 11.7. The van der Waals surface area contributed by atoms with E-state index in [4.69, 9.17) is 0 Å². The number of anilines is 2. The Balaban J connectivity index is 1.90. The van der Waals surface area contributed by atoms with E-state index in [1.165, 1.54) is 0 Å². The van der Waals surface area contributed by atoms with Crippen molar-refractivity contribution in [1.82, 2.24) is 14.4 Å². The minimum atomic E-state index is -2.95. The van der Waals surface area contributed by atoms with Crippen LogP contribution in [0.2, 0.25) is 0 Å². The monoisotopic (exact) mass is 309 g/mol. The van der Waals surface area contributed by atoms with Gasteiger partial charge in [-0.1, -0.05) is 0 Å². The van der Waals surface area contributed by atoms with Crippen molar-refractivity contribution in [1.29, 1.82) is 0 Å². The number of nitrogens with zero attached hydrogens (tertiary/aromatic N) is 3. The van der Waals surface area contributed by atoms with Crippen LogP contribution in [0, 0.1) is 0 Å². The summed E-state index contributed by atoms with van der Waals surface area (Å²) in [4.78, 5) is 8.79. The summed E-state index contributed by atoms with van der Waals surface area (Å²) in [5.41, 5.74) is 0.708. The van der Waals surface area contributed by atoms with Gasteiger partial charge >= 0.3 is 0 Å². The van der Waals surface area contributed by atoms with E-state index in [2.05, 4.69) is 20.6 Å². The molecule has 0 radical (unpaired) electrons. The largest absolute Gasteiger partial charge is 0.369 e. The van der Waals surface area contributed by atoms with Crippen molar-refractivity contribution in [2.75, 3.05) is 28.7 Å². The molecule has 3 heterocycles. The molecule has 1 aliphatic rings. The molecule has 7 nitrogen and oxygen atoms in total. The molecule has 2 N–H and O–H groups in total. The Bertz CT molecular complexity index is 740. The number of aromatic nitrogens is 3. The Labute approximate surface area is 123 Å². The molecule has 1 atom stereocenters. The van der Waals surface area contributed by atoms with E-state index in [-0.39, 0.29) is 17.5 Å². The second-order valence-corrected chi connectivity index (χ2v) is 7.49. The minimum Gasteiger partial charge on any atom is -0.369 e. The fourth-order valence-corrected chi connectivity index (χ4v) is 4.26. The highest BCUT2D eigenvalue weighted by atomic mass is 32.2. The molecule has 0 saturated carbocycles. The summed E-state index contributed by atoms with van der Waals surface area (Å²) in [5, 5.41) is 6.42. The predicted molar refractivity (Wildman–Crippen MR) is 82.4 cm³/mol. The first-order valence-corrected chi connectivity index (χ1v) is 8.94. The van der Waals surface area contributed by atoms with Crippen molar-refractivity contribution in [2.45, 2.75) is 25.8 Å². The molecule has 8 heteroatoms. The van der Waals surface area contributed by atoms with Crippen LogP contribution in [0.4, 0.5) is 11.6 Å². The zero-order valence-electron chi connectivity index (χ0n) is 11.9. The van der Waals surface area contributed by atoms with E-state index in [1.54, 1.807) is 6.20 Å². The quantitative estimate of drug-likeness (QED) is 0.881. The average Bonchev–Trinajstić information content (AvgIpc) is 2.86. The van der Waals surface area contributed by atoms with Crippen LogP contribution in [0.3, 0.4) is 0 Å². The van der Waals surface area contributed by atoms with Gasteiger partial charge in [0.05, 0.1) is 17.7 Å². The summed E-state index contributed by atoms with van der Waals surface area (Å²) >= 11 is 0. The lowest BCUT2D eigenvalue weighted by Crippen LogP contribution is -2.35. The van der Waals surface area contributed by atoms with Gasteiger partial charge in [0, 0.05) is 25.0 Å². The first-order chi connectivity index (χ1) is 10.1. The van der Waals surface area contributed by atoms with Crippen LogP contribution in [0.5, 0.6) is 0 Å². The van der Waals surface area contributed by atoms with E-state index < -0.39 is 9.84 Å². The minimum absolute atomic E-state index is 0.103. The highest BCUT2D eigenvalue weighted by molar-refractivity contribution is 7.91. The highest BCUT2D eigenvalue weighted by Crippen LogP contribution is 2.21. The molecule has 2 aromatic heterocycles. The molecular formula is C13H19N5O2S. The van der Waals surface area contributed by atoms with E-state index >= 15 is 0 Å². The molecule has 1 saturated heterocycles. The van der Waals surface area contributed by atoms with Crippen LogP contribution in [0.25, 0.3) is 5.65 Å². The summed E-state index contributed by atoms with van der Waals surface area (Å²) in [7, 11) is -2.95. The Hall–Kier alpha value is -1.83. The maximum atomic E-state index is 11.7. The average molecular weight is 309 g/mol. The maximum Gasteiger partial charge on any atom is 0.180 e. The van der Waals surface area contributed by atoms with E-state index in [1.807, 2.05) is 23.7 Å². The Morgan fingerprint density at radius 3 is 3.10 bits per heavy atom. The van der Waals surface area contributed by atoms with Gasteiger partial charge in [0.1, 0.15) is 5.82 Å². The van der Waals surface area contributed by atoms with Crippen molar-refractivity contribution < 1.29 is 8.42 Å². The van der Waals surface area contributed by atoms with Crippen LogP contribution in [0.1, 0.15) is 19.8 Å². The molecule has 1 fully saturated rings. The molecule has 114 valence electrons. The third kappa shape index (κ3) is 3.10. The van der Waals surface area contributed by atoms with Gasteiger partial charge in [0.15, 0.2) is 21.3 Å². The number of imidazole rings is 1. The lowest BCUT2D eigenvalue weighted by atomic mass is 10.2. The lowest BCUT2D eigenvalue weighted by molar-refractivity contribution is 0.561. The van der Waals surface area contributed by atoms with E-state index in [9.17, 15) is 8.42 Å². The number of nitrogens with one attached hydrogen (secondary N) is 2. The molecule has 0 aromatic carbocycles. The molecular weight excluding hydrogens is 290 g/mol. The lowest BCUT2D eigenvalue weighted by Gasteiger charge is -2.23. The zero-order valence-corrected chi connectivity index (χ0v) is 12.7. The summed E-state index contributed by atoms with van der Waals surface area (Å²) in [6, 6.07) is -0.103. The SMILES string of the molecule is CCNc1cn2ccnc2c(NC2CCCS(=O)(=O)C2)n1. The molecule has 0 aliphatic carbocycles. The molecule has 0 bridgehead atoms. The van der Waals surface area contributed by atoms with Gasteiger partial charge in [-0.2, -0.15) is 0 Å². The van der Waals surface area contributed by atoms with Crippen LogP contribution in [-0.2, 0) is 9.84 Å². The Kier molecular flexibility index (Phi) is 3.71. The molecule has 0 spiro atoms. The Morgan fingerprint density at radius 1 is 1.48 bits per heavy atom. The molecule has 0 amide bonds. The molecule has 1 unspecified atom stereocenters. The molecule has 3 rings (SSSR count). The summed E-state index contributed by atoms with van der Waals surface area (Å²) < 4.78 is 25.4. The third-order valence-electron chi connectivity index (χ3n) is 3.54. The van der Waals surface area contributed by atoms with E-state index in [0.29, 0.717) is 17.9 Å². The predicted octanol–water partition coefficient (Wildman–Crippen LogP) is 1.15. The molecule has 21 heavy (non-hydrogen) atoms. The van der Waals surface area contributed by atoms with Crippen LogP contribution in [-0.4, -0.2) is 46.9 Å². The topological polar surface area (TPSA) is 88.4 Å². The number of hydrogen-bond acceptors (Lipinski definition) is 6. The van der Waals surface area contributed by atoms with Crippen molar-refractivity contribution >= 4 is 27.1 Å². The van der Waals surface area contributed by atoms with Crippen molar-refractivity contribution in [3.63, 3.8) is 0 Å². The van der Waals surface area contributed by atoms with Gasteiger partial charge in [-0.25, -0.2) is 18.4 Å². The highest BCUT2D eigenvalue weighted by Gasteiger charge is 2.25. The van der Waals surface area contributed by atoms with Gasteiger partial charge in [-0.3, -0.25) is 0 Å². The van der Waals surface area contributed by atoms with Crippen LogP contribution < -0.4 is 10.6 Å². The van der Waals surface area contributed by atoms with Crippen LogP contribution >= 0.6 is 0 Å². The smallest absolute Gasteiger partial charge is 0.180 e. The summed E-state index contributed by atoms with van der Waals surface area (Å²) in [5.74, 6) is 1.81. The first-order valence-electron chi connectivity index (χ1n) is 7.12. The summed E-state index contributed by atoms with van der Waals surface area (Å²) in [6.45, 7) is 2.77. The van der Waals surface area contributed by atoms with Crippen molar-refractivity contribution in [3.8, 4) is 0 Å². The number of fused-ring (bicyclic) bond motifs is 1. The Morgan fingerprint density at radius 2 is 2.33 bits per heavy atom. The fourth-order valence-electron chi connectivity index (χ4n) is 2.62. The zero-order chi connectivity index (χ0) is 14.9. The second-order valence-electron chi connectivity index (χ2n) is 5.26. The first kappa shape index (κ1) is 14.1. The van der Waals surface area contributed by atoms with Crippen molar-refractivity contribution in [2.24, 2.45) is 0 Å². The van der Waals surface area contributed by atoms with Gasteiger partial charge in [0.2, 0.25) is 0 Å². The fraction of sp³-hybridized carbons (Fsp3) is 0.538. The van der Waals surface area contributed by atoms with Crippen molar-refractivity contribution in [3.05, 3.63) is 18.6 Å². The molecule has 1 aliphatic heterocycles. The van der Waals surface area contributed by atoms with Gasteiger partial charge in [-0.15, -0.1) is 0 Å². The molecule has 2 aromatic rings. The van der Waals surface area contributed by atoms with E-state index in [0.717, 1.165) is 18.8 Å². The number of rotatable bonds is 4. The van der Waals surface area contributed by atoms with Gasteiger partial charge in [-0.05, 0) is 19.8 Å². The normalized spacial score (nSPS) is 21.3. The second kappa shape index (κ2) is 5.51. The van der Waals surface area contributed by atoms with Crippen LogP contribution in [0.15, 0.2) is 18.6 Å². The standard InChI is InChI=1S/C13H19N5O2S/c1-2-14-11-8-18-6-5-15-13(18)12(17-11)16-10-4-3-7-21(19,20)9-10/h5-6,8,10,14H,2-4,7,9H2,1H3,(H,16,17). The number of hydrogen-bond donors (Lipinski definition) is 2.